The average molecular weight is 191 g/mol. The van der Waals surface area contributed by atoms with Gasteiger partial charge in [-0.2, -0.15) is 0 Å². The van der Waals surface area contributed by atoms with Gasteiger partial charge in [0.25, 0.3) is 0 Å². The Balaban J connectivity index is 1.88. The number of hydrogen-bond acceptors (Lipinski definition) is 3. The Hall–Kier alpha value is -1.12. The number of anilines is 1. The van der Waals surface area contributed by atoms with Gasteiger partial charge in [0, 0.05) is 18.9 Å². The molecule has 1 aliphatic rings. The van der Waals surface area contributed by atoms with Crippen molar-refractivity contribution in [3.63, 3.8) is 0 Å². The first kappa shape index (κ1) is 9.44. The molecule has 0 aliphatic heterocycles. The molecule has 0 radical (unpaired) electrons. The van der Waals surface area contributed by atoms with E-state index < -0.39 is 0 Å². The molecule has 1 fully saturated rings. The zero-order chi connectivity index (χ0) is 10.0. The third kappa shape index (κ3) is 2.03. The van der Waals surface area contributed by atoms with E-state index in [2.05, 4.69) is 22.2 Å². The maximum absolute atomic E-state index is 4.22. The number of rotatable bonds is 3. The highest BCUT2D eigenvalue weighted by atomic mass is 15.1. The Morgan fingerprint density at radius 3 is 2.50 bits per heavy atom. The molecule has 1 aliphatic carbocycles. The van der Waals surface area contributed by atoms with E-state index in [1.165, 1.54) is 19.3 Å². The van der Waals surface area contributed by atoms with Crippen LogP contribution in [0.2, 0.25) is 0 Å². The maximum Gasteiger partial charge on any atom is 0.222 e. The summed E-state index contributed by atoms with van der Waals surface area (Å²) in [6.07, 6.45) is 7.71. The third-order valence-corrected chi connectivity index (χ3v) is 3.01. The largest absolute Gasteiger partial charge is 0.354 e. The number of nitrogens with one attached hydrogen (secondary N) is 1. The lowest BCUT2D eigenvalue weighted by atomic mass is 9.70. The zero-order valence-electron chi connectivity index (χ0n) is 8.88. The molecule has 1 aromatic rings. The van der Waals surface area contributed by atoms with Crippen molar-refractivity contribution in [2.75, 3.05) is 11.9 Å². The molecule has 14 heavy (non-hydrogen) atoms. The van der Waals surface area contributed by atoms with Gasteiger partial charge in [-0.3, -0.25) is 0 Å². The van der Waals surface area contributed by atoms with Crippen molar-refractivity contribution in [3.05, 3.63) is 18.0 Å². The Morgan fingerprint density at radius 2 is 2.00 bits per heavy atom. The van der Waals surface area contributed by atoms with Gasteiger partial charge in [-0.05, 0) is 30.7 Å². The summed E-state index contributed by atoms with van der Waals surface area (Å²) in [5, 5.41) is 3.29. The van der Waals surface area contributed by atoms with Gasteiger partial charge < -0.3 is 5.32 Å². The van der Waals surface area contributed by atoms with E-state index in [1.54, 1.807) is 0 Å². The third-order valence-electron chi connectivity index (χ3n) is 3.01. The SMILES string of the molecule is Cc1cnc(NCC2(C)CCC2)nc1. The van der Waals surface area contributed by atoms with Crippen LogP contribution in [-0.2, 0) is 0 Å². The summed E-state index contributed by atoms with van der Waals surface area (Å²) in [4.78, 5) is 8.44. The van der Waals surface area contributed by atoms with Crippen molar-refractivity contribution in [2.45, 2.75) is 33.1 Å². The quantitative estimate of drug-likeness (QED) is 0.797. The van der Waals surface area contributed by atoms with Crippen molar-refractivity contribution in [2.24, 2.45) is 5.41 Å². The standard InChI is InChI=1S/C11H17N3/c1-9-6-12-10(13-7-9)14-8-11(2)4-3-5-11/h6-7H,3-5,8H2,1-2H3,(H,12,13,14). The predicted molar refractivity (Wildman–Crippen MR) is 57.2 cm³/mol. The zero-order valence-corrected chi connectivity index (χ0v) is 8.88. The molecular formula is C11H17N3. The van der Waals surface area contributed by atoms with Crippen LogP contribution in [0.1, 0.15) is 31.7 Å². The summed E-state index contributed by atoms with van der Waals surface area (Å²) in [6.45, 7) is 5.31. The van der Waals surface area contributed by atoms with Gasteiger partial charge in [0.2, 0.25) is 5.95 Å². The van der Waals surface area contributed by atoms with Gasteiger partial charge in [-0.15, -0.1) is 0 Å². The van der Waals surface area contributed by atoms with Crippen LogP contribution < -0.4 is 5.32 Å². The predicted octanol–water partition coefficient (Wildman–Crippen LogP) is 2.39. The molecule has 0 bridgehead atoms. The fraction of sp³-hybridized carbons (Fsp3) is 0.636. The van der Waals surface area contributed by atoms with Crippen LogP contribution >= 0.6 is 0 Å². The molecule has 1 saturated carbocycles. The molecule has 0 spiro atoms. The molecule has 0 unspecified atom stereocenters. The van der Waals surface area contributed by atoms with E-state index in [4.69, 9.17) is 0 Å². The highest BCUT2D eigenvalue weighted by Gasteiger charge is 2.31. The first-order chi connectivity index (χ1) is 6.68. The molecule has 3 nitrogen and oxygen atoms in total. The van der Waals surface area contributed by atoms with Gasteiger partial charge in [0.05, 0.1) is 0 Å². The number of nitrogens with zero attached hydrogens (tertiary/aromatic N) is 2. The van der Waals surface area contributed by atoms with Gasteiger partial charge in [-0.1, -0.05) is 13.3 Å². The fourth-order valence-corrected chi connectivity index (χ4v) is 1.73. The number of hydrogen-bond donors (Lipinski definition) is 1. The van der Waals surface area contributed by atoms with Crippen molar-refractivity contribution >= 4 is 5.95 Å². The molecule has 1 aromatic heterocycles. The first-order valence-corrected chi connectivity index (χ1v) is 5.21. The first-order valence-electron chi connectivity index (χ1n) is 5.21. The van der Waals surface area contributed by atoms with Gasteiger partial charge >= 0.3 is 0 Å². The molecular weight excluding hydrogens is 174 g/mol. The Morgan fingerprint density at radius 1 is 1.36 bits per heavy atom. The fourth-order valence-electron chi connectivity index (χ4n) is 1.73. The van der Waals surface area contributed by atoms with Crippen LogP contribution in [0, 0.1) is 12.3 Å². The van der Waals surface area contributed by atoms with Crippen molar-refractivity contribution in [3.8, 4) is 0 Å². The molecule has 0 atom stereocenters. The van der Waals surface area contributed by atoms with Gasteiger partial charge in [0.15, 0.2) is 0 Å². The summed E-state index contributed by atoms with van der Waals surface area (Å²) >= 11 is 0. The van der Waals surface area contributed by atoms with Crippen LogP contribution in [0.25, 0.3) is 0 Å². The molecule has 1 heterocycles. The van der Waals surface area contributed by atoms with E-state index >= 15 is 0 Å². The summed E-state index contributed by atoms with van der Waals surface area (Å²) < 4.78 is 0. The minimum Gasteiger partial charge on any atom is -0.354 e. The molecule has 0 saturated heterocycles. The summed E-state index contributed by atoms with van der Waals surface area (Å²) in [6, 6.07) is 0. The van der Waals surface area contributed by atoms with Crippen LogP contribution in [0.3, 0.4) is 0 Å². The second-order valence-electron chi connectivity index (χ2n) is 4.60. The normalized spacial score (nSPS) is 18.7. The Labute approximate surface area is 85.0 Å². The van der Waals surface area contributed by atoms with Crippen LogP contribution in [0.5, 0.6) is 0 Å². The van der Waals surface area contributed by atoms with Crippen molar-refractivity contribution in [1.29, 1.82) is 0 Å². The molecule has 76 valence electrons. The lowest BCUT2D eigenvalue weighted by Crippen LogP contribution is -2.33. The van der Waals surface area contributed by atoms with Crippen molar-refractivity contribution < 1.29 is 0 Å². The van der Waals surface area contributed by atoms with Crippen LogP contribution in [0.4, 0.5) is 5.95 Å². The van der Waals surface area contributed by atoms with Crippen LogP contribution in [-0.4, -0.2) is 16.5 Å². The smallest absolute Gasteiger partial charge is 0.222 e. The topological polar surface area (TPSA) is 37.8 Å². The summed E-state index contributed by atoms with van der Waals surface area (Å²) in [5.41, 5.74) is 1.58. The molecule has 3 heteroatoms. The van der Waals surface area contributed by atoms with Crippen LogP contribution in [0.15, 0.2) is 12.4 Å². The highest BCUT2D eigenvalue weighted by molar-refractivity contribution is 5.25. The van der Waals surface area contributed by atoms with E-state index in [-0.39, 0.29) is 0 Å². The van der Waals surface area contributed by atoms with E-state index in [9.17, 15) is 0 Å². The second-order valence-corrected chi connectivity index (χ2v) is 4.60. The van der Waals surface area contributed by atoms with E-state index in [0.717, 1.165) is 18.1 Å². The summed E-state index contributed by atoms with van der Waals surface area (Å²) in [7, 11) is 0. The molecule has 1 N–H and O–H groups in total. The summed E-state index contributed by atoms with van der Waals surface area (Å²) in [5.74, 6) is 0.753. The van der Waals surface area contributed by atoms with E-state index in [1.807, 2.05) is 19.3 Å². The average Bonchev–Trinajstić information content (AvgIpc) is 2.14. The lowest BCUT2D eigenvalue weighted by molar-refractivity contribution is 0.179. The minimum absolute atomic E-state index is 0.480. The number of aryl methyl sites for hydroxylation is 1. The monoisotopic (exact) mass is 191 g/mol. The van der Waals surface area contributed by atoms with Gasteiger partial charge in [0.1, 0.15) is 0 Å². The number of aromatic nitrogens is 2. The lowest BCUT2D eigenvalue weighted by Gasteiger charge is -2.38. The Kier molecular flexibility index (Phi) is 2.40. The second kappa shape index (κ2) is 3.56. The minimum atomic E-state index is 0.480. The molecule has 0 aromatic carbocycles. The van der Waals surface area contributed by atoms with Crippen molar-refractivity contribution in [1.82, 2.24) is 9.97 Å². The molecule has 2 rings (SSSR count). The molecule has 0 amide bonds. The van der Waals surface area contributed by atoms with Gasteiger partial charge in [-0.25, -0.2) is 9.97 Å². The Bertz CT molecular complexity index is 301. The van der Waals surface area contributed by atoms with E-state index in [0.29, 0.717) is 5.41 Å². The maximum atomic E-state index is 4.22. The highest BCUT2D eigenvalue weighted by Crippen LogP contribution is 2.39.